The molecule has 0 fully saturated rings. The fraction of sp³-hybridized carbons (Fsp3) is 0. The highest BCUT2D eigenvalue weighted by molar-refractivity contribution is 6.23. The number of hydrogen-bond donors (Lipinski definition) is 0. The second-order valence-corrected chi connectivity index (χ2v) is 13.0. The molecule has 0 amide bonds. The van der Waals surface area contributed by atoms with Crippen LogP contribution in [0.5, 0.6) is 0 Å². The van der Waals surface area contributed by atoms with Gasteiger partial charge in [-0.3, -0.25) is 4.57 Å². The quantitative estimate of drug-likeness (QED) is 0.193. The number of para-hydroxylation sites is 2. The van der Waals surface area contributed by atoms with Gasteiger partial charge < -0.3 is 4.57 Å². The van der Waals surface area contributed by atoms with Crippen molar-refractivity contribution in [3.8, 4) is 22.9 Å². The molecule has 0 unspecified atom stereocenters. The van der Waals surface area contributed by atoms with Gasteiger partial charge in [-0.05, 0) is 41.1 Å². The van der Waals surface area contributed by atoms with Crippen molar-refractivity contribution in [2.45, 2.75) is 0 Å². The van der Waals surface area contributed by atoms with Crippen LogP contribution in [0, 0.1) is 0 Å². The first-order valence-corrected chi connectivity index (χ1v) is 17.0. The van der Waals surface area contributed by atoms with E-state index < -0.39 is 0 Å². The number of nitrogens with zero attached hydrogens (tertiary/aromatic N) is 4. The maximum Gasteiger partial charge on any atom is 0.235 e. The summed E-state index contributed by atoms with van der Waals surface area (Å²) in [6.45, 7) is 0. The minimum atomic E-state index is 0.659. The Morgan fingerprint density at radius 1 is 0.360 bits per heavy atom. The van der Waals surface area contributed by atoms with Crippen molar-refractivity contribution < 1.29 is 0 Å². The van der Waals surface area contributed by atoms with Gasteiger partial charge in [-0.2, -0.15) is 0 Å². The largest absolute Gasteiger partial charge is 0.308 e. The molecule has 0 aliphatic rings. The van der Waals surface area contributed by atoms with Crippen LogP contribution in [-0.4, -0.2) is 19.1 Å². The maximum absolute atomic E-state index is 5.34. The van der Waals surface area contributed by atoms with Crippen LogP contribution in [0.4, 0.5) is 0 Å². The molecule has 11 rings (SSSR count). The lowest BCUT2D eigenvalue weighted by atomic mass is 10.0. The fourth-order valence-corrected chi connectivity index (χ4v) is 8.09. The summed E-state index contributed by atoms with van der Waals surface area (Å²) in [7, 11) is 0. The molecule has 0 spiro atoms. The second-order valence-electron chi connectivity index (χ2n) is 13.0. The zero-order valence-electron chi connectivity index (χ0n) is 27.0. The molecule has 0 saturated heterocycles. The first-order valence-electron chi connectivity index (χ1n) is 17.0. The van der Waals surface area contributed by atoms with Gasteiger partial charge in [0.2, 0.25) is 5.95 Å². The minimum Gasteiger partial charge on any atom is -0.308 e. The third-order valence-corrected chi connectivity index (χ3v) is 10.3. The monoisotopic (exact) mass is 636 g/mol. The average molecular weight is 637 g/mol. The maximum atomic E-state index is 5.34. The van der Waals surface area contributed by atoms with Crippen molar-refractivity contribution in [2.24, 2.45) is 0 Å². The Bertz CT molecular complexity index is 3140. The van der Waals surface area contributed by atoms with Crippen LogP contribution in [-0.2, 0) is 0 Å². The molecule has 3 aromatic heterocycles. The van der Waals surface area contributed by atoms with Crippen LogP contribution < -0.4 is 0 Å². The van der Waals surface area contributed by atoms with Gasteiger partial charge in [-0.15, -0.1) is 0 Å². The lowest BCUT2D eigenvalue weighted by molar-refractivity contribution is 1.01. The fourth-order valence-electron chi connectivity index (χ4n) is 8.09. The molecule has 11 aromatic rings. The van der Waals surface area contributed by atoms with E-state index in [4.69, 9.17) is 9.97 Å². The van der Waals surface area contributed by atoms with Crippen molar-refractivity contribution in [3.05, 3.63) is 170 Å². The number of rotatable bonds is 3. The molecular formula is C46H28N4. The highest BCUT2D eigenvalue weighted by Gasteiger charge is 2.22. The summed E-state index contributed by atoms with van der Waals surface area (Å²) in [5.41, 5.74) is 8.58. The molecular weight excluding hydrogens is 609 g/mol. The van der Waals surface area contributed by atoms with Crippen LogP contribution in [0.1, 0.15) is 0 Å². The Labute approximate surface area is 287 Å². The first-order chi connectivity index (χ1) is 24.8. The highest BCUT2D eigenvalue weighted by atomic mass is 15.2. The van der Waals surface area contributed by atoms with E-state index in [1.807, 2.05) is 6.07 Å². The molecule has 0 N–H and O–H groups in total. The summed E-state index contributed by atoms with van der Waals surface area (Å²) in [4.78, 5) is 10.6. The third-order valence-electron chi connectivity index (χ3n) is 10.3. The second kappa shape index (κ2) is 10.4. The zero-order chi connectivity index (χ0) is 32.8. The standard InChI is InChI=1S/C46H28N4/c1-2-15-31(16-3-1)44-36-21-8-10-22-39(36)47-46(48-44)50-41-23-11-9-20-34(41)37-27-38-35-26-25-30-14-5-7-19-33(30)45(35)49(42(38)28-43(37)50)40-24-12-17-29-13-4-6-18-32(29)40/h1-28H. The van der Waals surface area contributed by atoms with Gasteiger partial charge in [0.25, 0.3) is 0 Å². The molecule has 0 bridgehead atoms. The molecule has 8 aromatic carbocycles. The van der Waals surface area contributed by atoms with Crippen LogP contribution >= 0.6 is 0 Å². The minimum absolute atomic E-state index is 0.659. The van der Waals surface area contributed by atoms with Gasteiger partial charge in [0.15, 0.2) is 0 Å². The van der Waals surface area contributed by atoms with Crippen molar-refractivity contribution >= 4 is 76.1 Å². The number of aromatic nitrogens is 4. The van der Waals surface area contributed by atoms with Crippen LogP contribution in [0.15, 0.2) is 170 Å². The number of hydrogen-bond acceptors (Lipinski definition) is 2. The van der Waals surface area contributed by atoms with Crippen LogP contribution in [0.3, 0.4) is 0 Å². The molecule has 3 heterocycles. The summed E-state index contributed by atoms with van der Waals surface area (Å²) in [5, 5.41) is 10.7. The first kappa shape index (κ1) is 27.2. The van der Waals surface area contributed by atoms with E-state index in [1.165, 1.54) is 48.6 Å². The summed E-state index contributed by atoms with van der Waals surface area (Å²) in [6, 6.07) is 60.7. The number of benzene rings is 8. The van der Waals surface area contributed by atoms with E-state index in [-0.39, 0.29) is 0 Å². The molecule has 4 nitrogen and oxygen atoms in total. The van der Waals surface area contributed by atoms with Gasteiger partial charge in [0.1, 0.15) is 0 Å². The van der Waals surface area contributed by atoms with Gasteiger partial charge in [0.05, 0.1) is 39.0 Å². The summed E-state index contributed by atoms with van der Waals surface area (Å²) >= 11 is 0. The van der Waals surface area contributed by atoms with Gasteiger partial charge in [-0.1, -0.05) is 140 Å². The van der Waals surface area contributed by atoms with E-state index in [2.05, 4.69) is 173 Å². The Hall–Kier alpha value is -6.78. The van der Waals surface area contributed by atoms with E-state index in [1.54, 1.807) is 0 Å². The predicted molar refractivity (Wildman–Crippen MR) is 209 cm³/mol. The predicted octanol–water partition coefficient (Wildman–Crippen LogP) is 11.8. The SMILES string of the molecule is c1ccc(-c2nc(-n3c4ccccc4c4cc5c6ccc7ccccc7c6n(-c6cccc7ccccc67)c5cc43)nc3ccccc23)cc1. The molecule has 0 aliphatic heterocycles. The van der Waals surface area contributed by atoms with Crippen LogP contribution in [0.2, 0.25) is 0 Å². The third kappa shape index (κ3) is 3.81. The lowest BCUT2D eigenvalue weighted by Gasteiger charge is -2.14. The van der Waals surface area contributed by atoms with Crippen LogP contribution in [0.25, 0.3) is 99.0 Å². The molecule has 4 heteroatoms. The van der Waals surface area contributed by atoms with Crippen molar-refractivity contribution in [1.82, 2.24) is 19.1 Å². The van der Waals surface area contributed by atoms with Crippen molar-refractivity contribution in [1.29, 1.82) is 0 Å². The molecule has 232 valence electrons. The Kier molecular flexibility index (Phi) is 5.63. The molecule has 0 atom stereocenters. The Balaban J connectivity index is 1.32. The topological polar surface area (TPSA) is 35.6 Å². The van der Waals surface area contributed by atoms with Crippen molar-refractivity contribution in [2.75, 3.05) is 0 Å². The van der Waals surface area contributed by atoms with E-state index in [9.17, 15) is 0 Å². The molecule has 0 saturated carbocycles. The van der Waals surface area contributed by atoms with Gasteiger partial charge in [-0.25, -0.2) is 9.97 Å². The molecule has 0 radical (unpaired) electrons. The van der Waals surface area contributed by atoms with E-state index in [0.29, 0.717) is 5.95 Å². The Morgan fingerprint density at radius 2 is 1.00 bits per heavy atom. The highest BCUT2D eigenvalue weighted by Crippen LogP contribution is 2.42. The number of fused-ring (bicyclic) bond motifs is 10. The van der Waals surface area contributed by atoms with Crippen molar-refractivity contribution in [3.63, 3.8) is 0 Å². The lowest BCUT2D eigenvalue weighted by Crippen LogP contribution is -2.03. The van der Waals surface area contributed by atoms with E-state index >= 15 is 0 Å². The summed E-state index contributed by atoms with van der Waals surface area (Å²) in [6.07, 6.45) is 0. The molecule has 50 heavy (non-hydrogen) atoms. The Morgan fingerprint density at radius 3 is 1.86 bits per heavy atom. The van der Waals surface area contributed by atoms with Gasteiger partial charge in [0, 0.05) is 43.3 Å². The summed E-state index contributed by atoms with van der Waals surface area (Å²) in [5.74, 6) is 0.659. The smallest absolute Gasteiger partial charge is 0.235 e. The van der Waals surface area contributed by atoms with Gasteiger partial charge >= 0.3 is 0 Å². The average Bonchev–Trinajstić information content (AvgIpc) is 3.69. The summed E-state index contributed by atoms with van der Waals surface area (Å²) < 4.78 is 4.74. The van der Waals surface area contributed by atoms with E-state index in [0.717, 1.165) is 44.4 Å². The molecule has 0 aliphatic carbocycles. The normalized spacial score (nSPS) is 12.0. The zero-order valence-corrected chi connectivity index (χ0v) is 27.0.